The third-order valence-corrected chi connectivity index (χ3v) is 6.49. The van der Waals surface area contributed by atoms with Crippen LogP contribution in [0.25, 0.3) is 11.0 Å². The first-order valence-electron chi connectivity index (χ1n) is 11.5. The summed E-state index contributed by atoms with van der Waals surface area (Å²) in [6.07, 6.45) is -0.0434. The summed E-state index contributed by atoms with van der Waals surface area (Å²) < 4.78 is 23.5. The van der Waals surface area contributed by atoms with E-state index in [1.165, 1.54) is 0 Å². The van der Waals surface area contributed by atoms with Crippen molar-refractivity contribution in [2.24, 2.45) is 0 Å². The SMILES string of the molecule is O=C(C[C@@H]1C(=O)N(Cc2ccc3c(c2)OCO3)c2nc3ccccc3n21)Nc1ccc2c(c1)OCO2. The maximum Gasteiger partial charge on any atom is 0.253 e. The van der Waals surface area contributed by atoms with Crippen LogP contribution in [0.5, 0.6) is 23.0 Å². The first-order valence-corrected chi connectivity index (χ1v) is 11.5. The molecule has 7 rings (SSSR count). The average molecular weight is 484 g/mol. The van der Waals surface area contributed by atoms with Crippen molar-refractivity contribution in [3.8, 4) is 23.0 Å². The van der Waals surface area contributed by atoms with Gasteiger partial charge in [-0.1, -0.05) is 18.2 Å². The Balaban J connectivity index is 1.18. The van der Waals surface area contributed by atoms with E-state index in [1.54, 1.807) is 23.1 Å². The number of imidazole rings is 1. The zero-order valence-corrected chi connectivity index (χ0v) is 19.0. The Hall–Kier alpha value is -4.73. The molecule has 10 heteroatoms. The summed E-state index contributed by atoms with van der Waals surface area (Å²) in [5.74, 6) is 2.56. The highest BCUT2D eigenvalue weighted by Crippen LogP contribution is 2.39. The van der Waals surface area contributed by atoms with Crippen molar-refractivity contribution in [2.75, 3.05) is 23.8 Å². The monoisotopic (exact) mass is 484 g/mol. The van der Waals surface area contributed by atoms with E-state index in [0.717, 1.165) is 16.6 Å². The zero-order valence-electron chi connectivity index (χ0n) is 19.0. The molecule has 0 aliphatic carbocycles. The van der Waals surface area contributed by atoms with Gasteiger partial charge in [-0.15, -0.1) is 0 Å². The van der Waals surface area contributed by atoms with E-state index < -0.39 is 6.04 Å². The van der Waals surface area contributed by atoms with Crippen molar-refractivity contribution in [3.05, 3.63) is 66.2 Å². The van der Waals surface area contributed by atoms with Gasteiger partial charge in [0.05, 0.1) is 24.0 Å². The molecule has 4 aromatic rings. The molecule has 0 fully saturated rings. The highest BCUT2D eigenvalue weighted by atomic mass is 16.7. The lowest BCUT2D eigenvalue weighted by Gasteiger charge is -2.16. The number of fused-ring (bicyclic) bond motifs is 5. The fourth-order valence-corrected chi connectivity index (χ4v) is 4.83. The van der Waals surface area contributed by atoms with Gasteiger partial charge in [0.25, 0.3) is 5.91 Å². The highest BCUT2D eigenvalue weighted by molar-refractivity contribution is 6.05. The van der Waals surface area contributed by atoms with E-state index >= 15 is 0 Å². The van der Waals surface area contributed by atoms with Crippen molar-refractivity contribution < 1.29 is 28.5 Å². The number of hydrogen-bond acceptors (Lipinski definition) is 7. The second-order valence-electron chi connectivity index (χ2n) is 8.72. The summed E-state index contributed by atoms with van der Waals surface area (Å²) >= 11 is 0. The lowest BCUT2D eigenvalue weighted by Crippen LogP contribution is -2.31. The predicted octanol–water partition coefficient (Wildman–Crippen LogP) is 3.61. The van der Waals surface area contributed by atoms with Gasteiger partial charge in [-0.05, 0) is 42.0 Å². The van der Waals surface area contributed by atoms with E-state index in [1.807, 2.05) is 47.0 Å². The van der Waals surface area contributed by atoms with Gasteiger partial charge in [0.1, 0.15) is 6.04 Å². The maximum atomic E-state index is 13.6. The molecule has 36 heavy (non-hydrogen) atoms. The normalized spacial score (nSPS) is 17.1. The van der Waals surface area contributed by atoms with Crippen LogP contribution in [0.1, 0.15) is 18.0 Å². The Morgan fingerprint density at radius 3 is 2.47 bits per heavy atom. The molecule has 3 aliphatic heterocycles. The third kappa shape index (κ3) is 3.29. The van der Waals surface area contributed by atoms with Crippen LogP contribution in [-0.2, 0) is 16.1 Å². The summed E-state index contributed by atoms with van der Waals surface area (Å²) in [5.41, 5.74) is 3.01. The first kappa shape index (κ1) is 20.6. The molecule has 1 N–H and O–H groups in total. The van der Waals surface area contributed by atoms with Crippen LogP contribution in [0.3, 0.4) is 0 Å². The molecule has 0 saturated heterocycles. The smallest absolute Gasteiger partial charge is 0.253 e. The lowest BCUT2D eigenvalue weighted by molar-refractivity contribution is -0.124. The Morgan fingerprint density at radius 2 is 1.64 bits per heavy atom. The van der Waals surface area contributed by atoms with Crippen molar-refractivity contribution >= 4 is 34.5 Å². The minimum atomic E-state index is -0.726. The molecule has 0 saturated carbocycles. The number of carbonyl (C=O) groups excluding carboxylic acids is 2. The number of hydrogen-bond donors (Lipinski definition) is 1. The van der Waals surface area contributed by atoms with E-state index in [2.05, 4.69) is 5.32 Å². The fraction of sp³-hybridized carbons (Fsp3) is 0.192. The minimum absolute atomic E-state index is 0.0434. The van der Waals surface area contributed by atoms with Crippen molar-refractivity contribution in [3.63, 3.8) is 0 Å². The molecule has 10 nitrogen and oxygen atoms in total. The quantitative estimate of drug-likeness (QED) is 0.462. The van der Waals surface area contributed by atoms with Crippen LogP contribution in [0.2, 0.25) is 0 Å². The van der Waals surface area contributed by atoms with Crippen LogP contribution >= 0.6 is 0 Å². The summed E-state index contributed by atoms with van der Waals surface area (Å²) in [6, 6.07) is 17.7. The molecule has 4 heterocycles. The molecule has 1 aromatic heterocycles. The molecule has 0 unspecified atom stereocenters. The Morgan fingerprint density at radius 1 is 0.917 bits per heavy atom. The number of rotatable bonds is 5. The fourth-order valence-electron chi connectivity index (χ4n) is 4.83. The van der Waals surface area contributed by atoms with Gasteiger partial charge in [0, 0.05) is 11.8 Å². The molecular weight excluding hydrogens is 464 g/mol. The Kier molecular flexibility index (Phi) is 4.53. The number of para-hydroxylation sites is 2. The van der Waals surface area contributed by atoms with Crippen LogP contribution in [0, 0.1) is 0 Å². The first-order chi connectivity index (χ1) is 17.6. The van der Waals surface area contributed by atoms with Gasteiger partial charge in [-0.3, -0.25) is 19.1 Å². The van der Waals surface area contributed by atoms with Crippen LogP contribution in [-0.4, -0.2) is 35.0 Å². The second kappa shape index (κ2) is 7.91. The molecule has 3 aromatic carbocycles. The van der Waals surface area contributed by atoms with Crippen LogP contribution in [0.15, 0.2) is 60.7 Å². The molecule has 2 amide bonds. The zero-order chi connectivity index (χ0) is 24.2. The van der Waals surface area contributed by atoms with Gasteiger partial charge in [-0.25, -0.2) is 4.98 Å². The number of nitrogens with zero attached hydrogens (tertiary/aromatic N) is 3. The van der Waals surface area contributed by atoms with Gasteiger partial charge in [0.2, 0.25) is 25.4 Å². The number of carbonyl (C=O) groups is 2. The molecule has 1 atom stereocenters. The van der Waals surface area contributed by atoms with Crippen LogP contribution < -0.4 is 29.2 Å². The van der Waals surface area contributed by atoms with E-state index in [-0.39, 0.29) is 31.8 Å². The second-order valence-corrected chi connectivity index (χ2v) is 8.72. The maximum absolute atomic E-state index is 13.6. The number of benzene rings is 3. The van der Waals surface area contributed by atoms with Crippen molar-refractivity contribution in [1.29, 1.82) is 0 Å². The van der Waals surface area contributed by atoms with Gasteiger partial charge in [-0.2, -0.15) is 0 Å². The number of amides is 2. The Labute approximate surface area is 204 Å². The van der Waals surface area contributed by atoms with Crippen molar-refractivity contribution in [1.82, 2.24) is 9.55 Å². The van der Waals surface area contributed by atoms with E-state index in [9.17, 15) is 9.59 Å². The van der Waals surface area contributed by atoms with Gasteiger partial charge >= 0.3 is 0 Å². The third-order valence-electron chi connectivity index (χ3n) is 6.49. The summed E-state index contributed by atoms with van der Waals surface area (Å²) in [7, 11) is 0. The number of ether oxygens (including phenoxy) is 4. The average Bonchev–Trinajstić information content (AvgIpc) is 3.65. The molecule has 0 radical (unpaired) electrons. The standard InChI is InChI=1S/C26H20N4O6/c31-24(27-16-6-8-21-23(10-16)36-14-34-21)11-19-25(32)29(12-15-5-7-20-22(9-15)35-13-33-20)26-28-17-3-1-2-4-18(17)30(19)26/h1-10,19H,11-14H2,(H,27,31)/t19-/m1/s1. The number of nitrogens with one attached hydrogen (secondary N) is 1. The Bertz CT molecular complexity index is 1550. The predicted molar refractivity (Wildman–Crippen MR) is 128 cm³/mol. The highest BCUT2D eigenvalue weighted by Gasteiger charge is 2.41. The van der Waals surface area contributed by atoms with E-state index in [0.29, 0.717) is 41.2 Å². The molecule has 3 aliphatic rings. The number of anilines is 2. The molecular formula is C26H20N4O6. The van der Waals surface area contributed by atoms with E-state index in [4.69, 9.17) is 23.9 Å². The van der Waals surface area contributed by atoms with Crippen LogP contribution in [0.4, 0.5) is 11.6 Å². The minimum Gasteiger partial charge on any atom is -0.454 e. The summed E-state index contributed by atoms with van der Waals surface area (Å²) in [4.78, 5) is 33.0. The van der Waals surface area contributed by atoms with Crippen molar-refractivity contribution in [2.45, 2.75) is 19.0 Å². The lowest BCUT2D eigenvalue weighted by atomic mass is 10.1. The molecule has 0 bridgehead atoms. The number of aromatic nitrogens is 2. The van der Waals surface area contributed by atoms with Gasteiger partial charge in [0.15, 0.2) is 23.0 Å². The molecule has 180 valence electrons. The van der Waals surface area contributed by atoms with Gasteiger partial charge < -0.3 is 24.3 Å². The topological polar surface area (TPSA) is 104 Å². The summed E-state index contributed by atoms with van der Waals surface area (Å²) in [6.45, 7) is 0.621. The molecule has 0 spiro atoms. The largest absolute Gasteiger partial charge is 0.454 e. The summed E-state index contributed by atoms with van der Waals surface area (Å²) in [5, 5.41) is 2.87.